The molecule has 2 aromatic rings. The minimum absolute atomic E-state index is 0.537. The Morgan fingerprint density at radius 2 is 1.88 bits per heavy atom. The highest BCUT2D eigenvalue weighted by molar-refractivity contribution is 6.36. The van der Waals surface area contributed by atoms with Crippen molar-refractivity contribution in [2.75, 3.05) is 0 Å². The van der Waals surface area contributed by atoms with Gasteiger partial charge in [0.1, 0.15) is 5.76 Å². The Labute approximate surface area is 108 Å². The monoisotopic (exact) mass is 266 g/mol. The lowest BCUT2D eigenvalue weighted by Gasteiger charge is -1.96. The number of furan rings is 1. The number of hydrogen-bond acceptors (Lipinski definition) is 3. The second-order valence-electron chi connectivity index (χ2n) is 3.17. The summed E-state index contributed by atoms with van der Waals surface area (Å²) in [7, 11) is 0. The standard InChI is InChI=1S/C12H8Cl2N2O/c13-10-4-3-9(12(14)6-10)7-15-16-8-11-2-1-5-17-11/h1-8H. The lowest BCUT2D eigenvalue weighted by molar-refractivity contribution is 0.560. The van der Waals surface area contributed by atoms with Crippen molar-refractivity contribution in [2.45, 2.75) is 0 Å². The van der Waals surface area contributed by atoms with Crippen LogP contribution in [0.2, 0.25) is 10.0 Å². The Bertz CT molecular complexity index is 548. The first-order chi connectivity index (χ1) is 8.25. The number of hydrogen-bond donors (Lipinski definition) is 0. The molecule has 0 saturated carbocycles. The van der Waals surface area contributed by atoms with Crippen LogP contribution in [-0.4, -0.2) is 12.4 Å². The van der Waals surface area contributed by atoms with E-state index in [9.17, 15) is 0 Å². The van der Waals surface area contributed by atoms with Crippen LogP contribution in [0, 0.1) is 0 Å². The van der Waals surface area contributed by atoms with E-state index < -0.39 is 0 Å². The first-order valence-corrected chi connectivity index (χ1v) is 5.56. The molecule has 0 atom stereocenters. The Balaban J connectivity index is 2.05. The summed E-state index contributed by atoms with van der Waals surface area (Å²) < 4.78 is 5.06. The second kappa shape index (κ2) is 5.66. The van der Waals surface area contributed by atoms with E-state index in [4.69, 9.17) is 27.6 Å². The van der Waals surface area contributed by atoms with Gasteiger partial charge in [0, 0.05) is 10.6 Å². The minimum atomic E-state index is 0.537. The molecule has 5 heteroatoms. The van der Waals surface area contributed by atoms with E-state index in [0.717, 1.165) is 5.56 Å². The topological polar surface area (TPSA) is 37.9 Å². The Kier molecular flexibility index (Phi) is 3.96. The van der Waals surface area contributed by atoms with E-state index in [1.807, 2.05) is 0 Å². The molecule has 0 unspecified atom stereocenters. The molecule has 1 heterocycles. The fraction of sp³-hybridized carbons (Fsp3) is 0. The molecule has 2 rings (SSSR count). The maximum Gasteiger partial charge on any atom is 0.146 e. The summed E-state index contributed by atoms with van der Waals surface area (Å²) in [6.45, 7) is 0. The molecule has 0 N–H and O–H groups in total. The van der Waals surface area contributed by atoms with Crippen LogP contribution in [0.5, 0.6) is 0 Å². The van der Waals surface area contributed by atoms with Gasteiger partial charge in [-0.15, -0.1) is 0 Å². The summed E-state index contributed by atoms with van der Waals surface area (Å²) in [5, 5.41) is 8.82. The van der Waals surface area contributed by atoms with Gasteiger partial charge in [0.2, 0.25) is 0 Å². The number of halogens is 2. The zero-order valence-electron chi connectivity index (χ0n) is 8.68. The van der Waals surface area contributed by atoms with Crippen LogP contribution in [0.25, 0.3) is 0 Å². The predicted molar refractivity (Wildman–Crippen MR) is 70.4 cm³/mol. The van der Waals surface area contributed by atoms with Gasteiger partial charge in [0.25, 0.3) is 0 Å². The summed E-state index contributed by atoms with van der Waals surface area (Å²) in [5.41, 5.74) is 0.757. The highest BCUT2D eigenvalue weighted by Crippen LogP contribution is 2.19. The molecule has 3 nitrogen and oxygen atoms in total. The van der Waals surface area contributed by atoms with Gasteiger partial charge in [0.05, 0.1) is 23.7 Å². The molecule has 0 aliphatic rings. The van der Waals surface area contributed by atoms with E-state index in [1.165, 1.54) is 6.21 Å². The van der Waals surface area contributed by atoms with Crippen molar-refractivity contribution in [3.05, 3.63) is 58.0 Å². The Morgan fingerprint density at radius 3 is 2.59 bits per heavy atom. The summed E-state index contributed by atoms with van der Waals surface area (Å²) in [5.74, 6) is 0.643. The first-order valence-electron chi connectivity index (χ1n) is 4.80. The number of nitrogens with zero attached hydrogens (tertiary/aromatic N) is 2. The summed E-state index contributed by atoms with van der Waals surface area (Å²) in [6, 6.07) is 8.73. The van der Waals surface area contributed by atoms with E-state index in [-0.39, 0.29) is 0 Å². The molecule has 0 aliphatic carbocycles. The molecule has 17 heavy (non-hydrogen) atoms. The van der Waals surface area contributed by atoms with Gasteiger partial charge < -0.3 is 4.42 Å². The van der Waals surface area contributed by atoms with Gasteiger partial charge in [-0.3, -0.25) is 0 Å². The van der Waals surface area contributed by atoms with Crippen molar-refractivity contribution in [1.82, 2.24) is 0 Å². The zero-order chi connectivity index (χ0) is 12.1. The number of rotatable bonds is 3. The fourth-order valence-corrected chi connectivity index (χ4v) is 1.61. The minimum Gasteiger partial charge on any atom is -0.463 e. The van der Waals surface area contributed by atoms with Gasteiger partial charge >= 0.3 is 0 Å². The third-order valence-corrected chi connectivity index (χ3v) is 2.52. The van der Waals surface area contributed by atoms with Crippen molar-refractivity contribution in [3.8, 4) is 0 Å². The average molecular weight is 267 g/mol. The van der Waals surface area contributed by atoms with Gasteiger partial charge in [-0.25, -0.2) is 0 Å². The zero-order valence-corrected chi connectivity index (χ0v) is 10.2. The second-order valence-corrected chi connectivity index (χ2v) is 4.01. The number of benzene rings is 1. The van der Waals surface area contributed by atoms with E-state index in [0.29, 0.717) is 15.8 Å². The fourth-order valence-electron chi connectivity index (χ4n) is 1.16. The van der Waals surface area contributed by atoms with Crippen LogP contribution in [0.1, 0.15) is 11.3 Å². The third kappa shape index (κ3) is 3.44. The van der Waals surface area contributed by atoms with Gasteiger partial charge in [-0.1, -0.05) is 29.3 Å². The molecule has 0 saturated heterocycles. The van der Waals surface area contributed by atoms with Gasteiger partial charge in [-0.2, -0.15) is 10.2 Å². The molecule has 1 aromatic heterocycles. The quantitative estimate of drug-likeness (QED) is 0.610. The summed E-state index contributed by atoms with van der Waals surface area (Å²) in [4.78, 5) is 0. The molecule has 0 spiro atoms. The van der Waals surface area contributed by atoms with Gasteiger partial charge in [0.15, 0.2) is 0 Å². The molecule has 0 amide bonds. The van der Waals surface area contributed by atoms with Crippen LogP contribution in [0.3, 0.4) is 0 Å². The molecule has 0 fully saturated rings. The first kappa shape index (κ1) is 11.9. The maximum atomic E-state index is 5.96. The van der Waals surface area contributed by atoms with Crippen molar-refractivity contribution < 1.29 is 4.42 Å². The van der Waals surface area contributed by atoms with E-state index in [2.05, 4.69) is 10.2 Å². The highest BCUT2D eigenvalue weighted by atomic mass is 35.5. The van der Waals surface area contributed by atoms with Crippen molar-refractivity contribution in [3.63, 3.8) is 0 Å². The molecule has 86 valence electrons. The SMILES string of the molecule is Clc1ccc(C=NN=Cc2ccco2)c(Cl)c1. The van der Waals surface area contributed by atoms with Crippen molar-refractivity contribution in [2.24, 2.45) is 10.2 Å². The maximum absolute atomic E-state index is 5.96. The van der Waals surface area contributed by atoms with Crippen molar-refractivity contribution >= 4 is 35.6 Å². The smallest absolute Gasteiger partial charge is 0.146 e. The normalized spacial score (nSPS) is 11.6. The average Bonchev–Trinajstić information content (AvgIpc) is 2.79. The summed E-state index contributed by atoms with van der Waals surface area (Å²) in [6.07, 6.45) is 4.64. The molecule has 0 bridgehead atoms. The van der Waals surface area contributed by atoms with Crippen LogP contribution in [0.15, 0.2) is 51.2 Å². The van der Waals surface area contributed by atoms with Crippen LogP contribution >= 0.6 is 23.2 Å². The third-order valence-electron chi connectivity index (χ3n) is 1.95. The largest absolute Gasteiger partial charge is 0.463 e. The molecule has 0 radical (unpaired) electrons. The van der Waals surface area contributed by atoms with Crippen LogP contribution in [-0.2, 0) is 0 Å². The summed E-state index contributed by atoms with van der Waals surface area (Å²) >= 11 is 11.7. The lowest BCUT2D eigenvalue weighted by atomic mass is 10.2. The predicted octanol–water partition coefficient (Wildman–Crippen LogP) is 4.04. The van der Waals surface area contributed by atoms with E-state index in [1.54, 1.807) is 42.8 Å². The molecule has 0 aliphatic heterocycles. The van der Waals surface area contributed by atoms with Crippen LogP contribution in [0.4, 0.5) is 0 Å². The van der Waals surface area contributed by atoms with Crippen molar-refractivity contribution in [1.29, 1.82) is 0 Å². The van der Waals surface area contributed by atoms with E-state index >= 15 is 0 Å². The Morgan fingerprint density at radius 1 is 1.06 bits per heavy atom. The van der Waals surface area contributed by atoms with Crippen LogP contribution < -0.4 is 0 Å². The Hall–Kier alpha value is -1.58. The lowest BCUT2D eigenvalue weighted by Crippen LogP contribution is -1.82. The molecular formula is C12H8Cl2N2O. The molecule has 1 aromatic carbocycles. The molecular weight excluding hydrogens is 259 g/mol. The van der Waals surface area contributed by atoms with Gasteiger partial charge in [-0.05, 0) is 24.3 Å². The highest BCUT2D eigenvalue weighted by Gasteiger charge is 1.97.